The maximum atomic E-state index is 11.9. The van der Waals surface area contributed by atoms with E-state index in [4.69, 9.17) is 5.11 Å². The molecule has 0 amide bonds. The van der Waals surface area contributed by atoms with Gasteiger partial charge in [0.25, 0.3) is 6.43 Å². The van der Waals surface area contributed by atoms with Gasteiger partial charge in [-0.15, -0.1) is 0 Å². The van der Waals surface area contributed by atoms with Crippen molar-refractivity contribution in [3.63, 3.8) is 0 Å². The number of alkyl halides is 2. The molecule has 12 heavy (non-hydrogen) atoms. The predicted octanol–water partition coefficient (Wildman–Crippen LogP) is 1.10. The van der Waals surface area contributed by atoms with Crippen LogP contribution in [0, 0.1) is 0 Å². The average molecular weight is 179 g/mol. The fourth-order valence-corrected chi connectivity index (χ4v) is 1.49. The molecule has 0 aromatic heterocycles. The van der Waals surface area contributed by atoms with Crippen molar-refractivity contribution >= 4 is 0 Å². The highest BCUT2D eigenvalue weighted by Crippen LogP contribution is 2.10. The first-order chi connectivity index (χ1) is 5.70. The number of aliphatic hydroxyl groups excluding tert-OH is 1. The van der Waals surface area contributed by atoms with E-state index in [1.807, 2.05) is 4.90 Å². The Bertz CT molecular complexity index is 126. The van der Waals surface area contributed by atoms with Crippen LogP contribution >= 0.6 is 0 Å². The van der Waals surface area contributed by atoms with Crippen molar-refractivity contribution in [2.45, 2.75) is 31.8 Å². The van der Waals surface area contributed by atoms with Gasteiger partial charge in [-0.2, -0.15) is 0 Å². The second kappa shape index (κ2) is 4.72. The summed E-state index contributed by atoms with van der Waals surface area (Å²) < 4.78 is 23.8. The number of halogens is 2. The van der Waals surface area contributed by atoms with Gasteiger partial charge in [-0.05, 0) is 25.9 Å². The van der Waals surface area contributed by atoms with Gasteiger partial charge in [-0.3, -0.25) is 0 Å². The number of β-amino-alcohol motifs (C(OH)–C–C–N with tert-alkyl or cyclic N) is 1. The second-order valence-corrected chi connectivity index (χ2v) is 3.26. The summed E-state index contributed by atoms with van der Waals surface area (Å²) in [4.78, 5) is 1.90. The monoisotopic (exact) mass is 179 g/mol. The first-order valence-electron chi connectivity index (χ1n) is 4.38. The van der Waals surface area contributed by atoms with E-state index < -0.39 is 12.5 Å². The summed E-state index contributed by atoms with van der Waals surface area (Å²) >= 11 is 0. The van der Waals surface area contributed by atoms with Crippen LogP contribution in [0.15, 0.2) is 0 Å². The molecular formula is C8H15F2NO. The molecule has 1 unspecified atom stereocenters. The highest BCUT2D eigenvalue weighted by Gasteiger charge is 2.21. The molecule has 0 aromatic rings. The van der Waals surface area contributed by atoms with E-state index in [0.29, 0.717) is 0 Å². The predicted molar refractivity (Wildman–Crippen MR) is 42.3 cm³/mol. The van der Waals surface area contributed by atoms with Crippen molar-refractivity contribution in [2.24, 2.45) is 0 Å². The molecule has 1 heterocycles. The zero-order valence-electron chi connectivity index (χ0n) is 7.05. The highest BCUT2D eigenvalue weighted by molar-refractivity contribution is 4.69. The summed E-state index contributed by atoms with van der Waals surface area (Å²) in [7, 11) is 0. The van der Waals surface area contributed by atoms with Gasteiger partial charge >= 0.3 is 0 Å². The molecule has 1 aliphatic heterocycles. The van der Waals surface area contributed by atoms with E-state index in [-0.39, 0.29) is 6.54 Å². The second-order valence-electron chi connectivity index (χ2n) is 3.26. The summed E-state index contributed by atoms with van der Waals surface area (Å²) in [6.45, 7) is 1.82. The molecule has 0 spiro atoms. The molecule has 1 rings (SSSR count). The van der Waals surface area contributed by atoms with Crippen molar-refractivity contribution in [3.8, 4) is 0 Å². The number of likely N-dealkylation sites (tertiary alicyclic amines) is 1. The highest BCUT2D eigenvalue weighted by atomic mass is 19.3. The minimum Gasteiger partial charge on any atom is -0.386 e. The third-order valence-electron chi connectivity index (χ3n) is 2.18. The Labute approximate surface area is 71.2 Å². The van der Waals surface area contributed by atoms with Gasteiger partial charge in [-0.25, -0.2) is 8.78 Å². The minimum absolute atomic E-state index is 0.123. The number of hydrogen-bond donors (Lipinski definition) is 1. The Balaban J connectivity index is 2.20. The van der Waals surface area contributed by atoms with Gasteiger partial charge in [0, 0.05) is 6.54 Å². The molecule has 1 N–H and O–H groups in total. The number of aliphatic hydroxyl groups is 1. The molecule has 1 atom stereocenters. The summed E-state index contributed by atoms with van der Waals surface area (Å²) in [5.74, 6) is 0. The first kappa shape index (κ1) is 9.86. The number of rotatable bonds is 3. The molecular weight excluding hydrogens is 164 g/mol. The van der Waals surface area contributed by atoms with Crippen LogP contribution in [-0.2, 0) is 0 Å². The topological polar surface area (TPSA) is 23.5 Å². The lowest BCUT2D eigenvalue weighted by atomic mass is 10.1. The minimum atomic E-state index is -2.60. The molecule has 0 aliphatic carbocycles. The van der Waals surface area contributed by atoms with Crippen molar-refractivity contribution in [2.75, 3.05) is 19.6 Å². The van der Waals surface area contributed by atoms with E-state index in [1.165, 1.54) is 6.42 Å². The van der Waals surface area contributed by atoms with Gasteiger partial charge < -0.3 is 10.0 Å². The molecule has 0 aromatic carbocycles. The van der Waals surface area contributed by atoms with Crippen molar-refractivity contribution < 1.29 is 13.9 Å². The van der Waals surface area contributed by atoms with E-state index >= 15 is 0 Å². The van der Waals surface area contributed by atoms with Crippen LogP contribution in [0.1, 0.15) is 19.3 Å². The van der Waals surface area contributed by atoms with Crippen LogP contribution < -0.4 is 0 Å². The Morgan fingerprint density at radius 2 is 1.75 bits per heavy atom. The van der Waals surface area contributed by atoms with Crippen LogP contribution in [-0.4, -0.2) is 42.2 Å². The van der Waals surface area contributed by atoms with E-state index in [9.17, 15) is 8.78 Å². The molecule has 1 aliphatic rings. The fourth-order valence-electron chi connectivity index (χ4n) is 1.49. The molecule has 0 radical (unpaired) electrons. The summed E-state index contributed by atoms with van der Waals surface area (Å²) in [5.41, 5.74) is 0. The molecule has 4 heteroatoms. The zero-order chi connectivity index (χ0) is 8.97. The van der Waals surface area contributed by atoms with Crippen LogP contribution in [0.4, 0.5) is 8.78 Å². The number of nitrogens with zero attached hydrogens (tertiary/aromatic N) is 1. The van der Waals surface area contributed by atoms with Crippen molar-refractivity contribution in [1.82, 2.24) is 4.90 Å². The van der Waals surface area contributed by atoms with Gasteiger partial charge in [0.05, 0.1) is 0 Å². The number of piperidine rings is 1. The van der Waals surface area contributed by atoms with E-state index in [1.54, 1.807) is 0 Å². The summed E-state index contributed by atoms with van der Waals surface area (Å²) in [5, 5.41) is 8.89. The summed E-state index contributed by atoms with van der Waals surface area (Å²) in [6, 6.07) is 0. The number of hydrogen-bond acceptors (Lipinski definition) is 2. The van der Waals surface area contributed by atoms with Crippen LogP contribution in [0.3, 0.4) is 0 Å². The quantitative estimate of drug-likeness (QED) is 0.701. The third-order valence-corrected chi connectivity index (χ3v) is 2.18. The Morgan fingerprint density at radius 1 is 1.17 bits per heavy atom. The van der Waals surface area contributed by atoms with Crippen LogP contribution in [0.25, 0.3) is 0 Å². The van der Waals surface area contributed by atoms with Crippen LogP contribution in [0.5, 0.6) is 0 Å². The smallest absolute Gasteiger partial charge is 0.265 e. The van der Waals surface area contributed by atoms with Gasteiger partial charge in [0.1, 0.15) is 6.10 Å². The Kier molecular flexibility index (Phi) is 3.88. The standard InChI is InChI=1S/C8H15F2NO/c9-8(10)7(12)6-11-4-2-1-3-5-11/h7-8,12H,1-6H2. The molecule has 0 saturated carbocycles. The molecule has 72 valence electrons. The normalized spacial score (nSPS) is 23.0. The van der Waals surface area contributed by atoms with Gasteiger partial charge in [0.2, 0.25) is 0 Å². The maximum Gasteiger partial charge on any atom is 0.265 e. The van der Waals surface area contributed by atoms with Crippen molar-refractivity contribution in [3.05, 3.63) is 0 Å². The van der Waals surface area contributed by atoms with E-state index in [2.05, 4.69) is 0 Å². The Hall–Kier alpha value is -0.220. The van der Waals surface area contributed by atoms with Gasteiger partial charge in [-0.1, -0.05) is 6.42 Å². The lowest BCUT2D eigenvalue weighted by Crippen LogP contribution is -2.39. The summed E-state index contributed by atoms with van der Waals surface area (Å²) in [6.07, 6.45) is -0.761. The Morgan fingerprint density at radius 3 is 2.25 bits per heavy atom. The molecule has 2 nitrogen and oxygen atoms in total. The maximum absolute atomic E-state index is 11.9. The van der Waals surface area contributed by atoms with E-state index in [0.717, 1.165) is 25.9 Å². The zero-order valence-corrected chi connectivity index (χ0v) is 7.05. The SMILES string of the molecule is OC(CN1CCCCC1)C(F)F. The lowest BCUT2D eigenvalue weighted by molar-refractivity contribution is -0.0257. The molecule has 1 saturated heterocycles. The lowest BCUT2D eigenvalue weighted by Gasteiger charge is -2.28. The first-order valence-corrected chi connectivity index (χ1v) is 4.38. The fraction of sp³-hybridized carbons (Fsp3) is 1.00. The molecule has 1 fully saturated rings. The van der Waals surface area contributed by atoms with Crippen molar-refractivity contribution in [1.29, 1.82) is 0 Å². The average Bonchev–Trinajstić information content (AvgIpc) is 2.06. The van der Waals surface area contributed by atoms with Gasteiger partial charge in [0.15, 0.2) is 0 Å². The molecule has 0 bridgehead atoms. The largest absolute Gasteiger partial charge is 0.386 e. The third kappa shape index (κ3) is 3.03. The van der Waals surface area contributed by atoms with Crippen LogP contribution in [0.2, 0.25) is 0 Å².